The third-order valence-corrected chi connectivity index (χ3v) is 14.8. The van der Waals surface area contributed by atoms with Crippen LogP contribution < -0.4 is 15.0 Å². The molecule has 1 unspecified atom stereocenters. The van der Waals surface area contributed by atoms with Gasteiger partial charge in [-0.3, -0.25) is 4.79 Å². The largest absolute Gasteiger partial charge is 0.480 e. The Morgan fingerprint density at radius 3 is 2.46 bits per heavy atom. The number of hydrogen-bond donors (Lipinski definition) is 2. The lowest BCUT2D eigenvalue weighted by Gasteiger charge is -2.53. The third kappa shape index (κ3) is 7.12. The number of anilines is 2. The molecule has 0 amide bonds. The number of nitrogens with one attached hydrogen (secondary N) is 1. The lowest BCUT2D eigenvalue weighted by Crippen LogP contribution is -2.51. The molecule has 4 aromatic carbocycles. The Bertz CT molecular complexity index is 2610. The Balaban J connectivity index is 0.000000157. The fourth-order valence-electron chi connectivity index (χ4n) is 11.9. The maximum Gasteiger partial charge on any atom is 0.156 e. The molecule has 2 aliphatic heterocycles. The van der Waals surface area contributed by atoms with E-state index in [1.165, 1.54) is 34.0 Å². The van der Waals surface area contributed by atoms with Crippen molar-refractivity contribution >= 4 is 34.3 Å². The minimum absolute atomic E-state index is 0.142. The van der Waals surface area contributed by atoms with Gasteiger partial charge in [0.1, 0.15) is 17.2 Å². The Morgan fingerprint density at radius 2 is 1.72 bits per heavy atom. The van der Waals surface area contributed by atoms with Gasteiger partial charge in [0.25, 0.3) is 0 Å². The standard InChI is InChI=1S/C29H35NO2.C25H21ClFNO/c1-5-15-29(32)16-14-26-24-12-8-20-17-22(31)11-13-23(20)27(24)25(18-28(26,29)2)19-6-9-21(10-7-19)30(3)4;1-14-13-25(2,3)28-20-9-8-18-19-12-17(27)7-10-21(19)29-24(23(18)22(14)20)15-5-4-6-16(26)11-15/h6-7,9-10,17,24-26,32H,8,11-14,16,18H2,1-4H3;4-13,24,28H,1-3H3/t24-,25+,26-,28-,29-;/m0./s1. The molecule has 4 aromatic rings. The predicted octanol–water partition coefficient (Wildman–Crippen LogP) is 12.6. The lowest BCUT2D eigenvalue weighted by molar-refractivity contribution is -0.114. The van der Waals surface area contributed by atoms with Gasteiger partial charge in [0.05, 0.1) is 5.54 Å². The highest BCUT2D eigenvalue weighted by molar-refractivity contribution is 6.30. The van der Waals surface area contributed by atoms with E-state index in [1.54, 1.807) is 17.7 Å². The van der Waals surface area contributed by atoms with Crippen molar-refractivity contribution in [1.82, 2.24) is 0 Å². The van der Waals surface area contributed by atoms with E-state index in [-0.39, 0.29) is 34.6 Å². The van der Waals surface area contributed by atoms with Gasteiger partial charge in [-0.15, -0.1) is 5.92 Å². The van der Waals surface area contributed by atoms with Crippen molar-refractivity contribution in [3.05, 3.63) is 141 Å². The zero-order valence-corrected chi connectivity index (χ0v) is 37.1. The molecule has 4 aliphatic carbocycles. The zero-order chi connectivity index (χ0) is 43.0. The Kier molecular flexibility index (Phi) is 10.4. The average Bonchev–Trinajstić information content (AvgIpc) is 3.48. The predicted molar refractivity (Wildman–Crippen MR) is 247 cm³/mol. The Hall–Kier alpha value is -5.09. The normalized spacial score (nSPS) is 27.6. The molecular formula is C54H56ClFN2O3. The van der Waals surface area contributed by atoms with Crippen molar-refractivity contribution in [2.75, 3.05) is 24.3 Å². The van der Waals surface area contributed by atoms with Crippen LogP contribution in [0, 0.1) is 34.9 Å². The molecule has 0 aromatic heterocycles. The molecule has 2 fully saturated rings. The number of ether oxygens (including phenoxy) is 1. The van der Waals surface area contributed by atoms with Gasteiger partial charge in [0.2, 0.25) is 0 Å². The molecule has 2 saturated carbocycles. The van der Waals surface area contributed by atoms with Crippen LogP contribution in [0.5, 0.6) is 5.75 Å². The Labute approximate surface area is 365 Å². The van der Waals surface area contributed by atoms with E-state index in [4.69, 9.17) is 16.3 Å². The van der Waals surface area contributed by atoms with Crippen LogP contribution in [-0.4, -0.2) is 36.1 Å². The van der Waals surface area contributed by atoms with Gasteiger partial charge in [-0.1, -0.05) is 66.4 Å². The van der Waals surface area contributed by atoms with Crippen molar-refractivity contribution < 1.29 is 19.0 Å². The highest BCUT2D eigenvalue weighted by atomic mass is 35.5. The Morgan fingerprint density at radius 1 is 0.934 bits per heavy atom. The second-order valence-electron chi connectivity index (χ2n) is 19.1. The van der Waals surface area contributed by atoms with Crippen molar-refractivity contribution in [3.8, 4) is 28.7 Å². The first-order valence-corrected chi connectivity index (χ1v) is 22.2. The third-order valence-electron chi connectivity index (χ3n) is 14.6. The highest BCUT2D eigenvalue weighted by Crippen LogP contribution is 2.66. The number of hydrogen-bond acceptors (Lipinski definition) is 5. The smallest absolute Gasteiger partial charge is 0.156 e. The molecule has 61 heavy (non-hydrogen) atoms. The molecule has 6 atom stereocenters. The van der Waals surface area contributed by atoms with E-state index in [0.29, 0.717) is 29.0 Å². The summed E-state index contributed by atoms with van der Waals surface area (Å²) in [5.74, 6) is 8.16. The maximum atomic E-state index is 14.1. The number of rotatable bonds is 3. The molecule has 0 radical (unpaired) electrons. The lowest BCUT2D eigenvalue weighted by atomic mass is 9.51. The van der Waals surface area contributed by atoms with Crippen LogP contribution in [0.15, 0.2) is 108 Å². The molecule has 10 rings (SSSR count). The fraction of sp³-hybridized carbons (Fsp3) is 0.389. The van der Waals surface area contributed by atoms with Crippen LogP contribution in [0.1, 0.15) is 114 Å². The van der Waals surface area contributed by atoms with Crippen LogP contribution in [0.3, 0.4) is 0 Å². The van der Waals surface area contributed by atoms with Crippen molar-refractivity contribution in [3.63, 3.8) is 0 Å². The number of nitrogens with zero attached hydrogens (tertiary/aromatic N) is 1. The minimum atomic E-state index is -0.914. The number of ketones is 1. The summed E-state index contributed by atoms with van der Waals surface area (Å²) in [5.41, 5.74) is 12.7. The van der Waals surface area contributed by atoms with Gasteiger partial charge in [0.15, 0.2) is 11.9 Å². The summed E-state index contributed by atoms with van der Waals surface area (Å²) in [6, 6.07) is 25.6. The second-order valence-corrected chi connectivity index (χ2v) is 19.5. The molecule has 7 heteroatoms. The molecule has 314 valence electrons. The number of fused-ring (bicyclic) bond motifs is 9. The first-order valence-electron chi connectivity index (χ1n) is 21.9. The van der Waals surface area contributed by atoms with Gasteiger partial charge in [-0.05, 0) is 166 Å². The molecule has 2 heterocycles. The minimum Gasteiger partial charge on any atom is -0.480 e. The van der Waals surface area contributed by atoms with Gasteiger partial charge >= 0.3 is 0 Å². The molecular weight excluding hydrogens is 779 g/mol. The topological polar surface area (TPSA) is 61.8 Å². The van der Waals surface area contributed by atoms with Crippen LogP contribution in [0.2, 0.25) is 5.02 Å². The number of carbonyl (C=O) groups is 1. The molecule has 0 bridgehead atoms. The van der Waals surface area contributed by atoms with Gasteiger partial charge in [0, 0.05) is 64.9 Å². The van der Waals surface area contributed by atoms with Gasteiger partial charge < -0.3 is 20.1 Å². The number of carbonyl (C=O) groups excluding carboxylic acids is 1. The average molecular weight is 836 g/mol. The van der Waals surface area contributed by atoms with E-state index in [1.807, 2.05) is 37.3 Å². The second kappa shape index (κ2) is 15.4. The van der Waals surface area contributed by atoms with E-state index in [2.05, 4.69) is 106 Å². The maximum absolute atomic E-state index is 14.1. The number of halogens is 2. The van der Waals surface area contributed by atoms with Gasteiger partial charge in [-0.25, -0.2) is 4.39 Å². The number of allylic oxidation sites excluding steroid dienone is 5. The fourth-order valence-corrected chi connectivity index (χ4v) is 12.1. The van der Waals surface area contributed by atoms with Crippen LogP contribution in [0.25, 0.3) is 16.7 Å². The van der Waals surface area contributed by atoms with Crippen molar-refractivity contribution in [2.24, 2.45) is 17.3 Å². The van der Waals surface area contributed by atoms with E-state index in [9.17, 15) is 14.3 Å². The van der Waals surface area contributed by atoms with E-state index in [0.717, 1.165) is 72.0 Å². The zero-order valence-electron chi connectivity index (χ0n) is 36.4. The number of aliphatic hydroxyl groups is 1. The summed E-state index contributed by atoms with van der Waals surface area (Å²) in [5, 5.41) is 16.0. The first kappa shape index (κ1) is 41.3. The summed E-state index contributed by atoms with van der Waals surface area (Å²) in [7, 11) is 4.14. The summed E-state index contributed by atoms with van der Waals surface area (Å²) < 4.78 is 20.5. The monoisotopic (exact) mass is 834 g/mol. The summed E-state index contributed by atoms with van der Waals surface area (Å²) in [4.78, 5) is 14.3. The SMILES string of the molecule is CC#C[C@]1(O)CC[C@H]2[C@@H]3CCC4=CC(=O)CCC4=C3[C@@H](c3ccc(N(C)C)cc3)C[C@@]21C.CC1=CC(C)(C)Nc2ccc3c(c21)C(c1cccc(Cl)c1)Oc1ccc(F)cc1-3. The molecule has 0 spiro atoms. The summed E-state index contributed by atoms with van der Waals surface area (Å²) in [6.07, 6.45) is 10.1. The van der Waals surface area contributed by atoms with Crippen molar-refractivity contribution in [2.45, 2.75) is 103 Å². The van der Waals surface area contributed by atoms with Crippen LogP contribution >= 0.6 is 11.6 Å². The van der Waals surface area contributed by atoms with Crippen LogP contribution in [-0.2, 0) is 4.79 Å². The molecule has 0 saturated heterocycles. The van der Waals surface area contributed by atoms with E-state index >= 15 is 0 Å². The van der Waals surface area contributed by atoms with Gasteiger partial charge in [-0.2, -0.15) is 0 Å². The quantitative estimate of drug-likeness (QED) is 0.201. The van der Waals surface area contributed by atoms with E-state index < -0.39 is 5.60 Å². The molecule has 2 N–H and O–H groups in total. The summed E-state index contributed by atoms with van der Waals surface area (Å²) >= 11 is 6.29. The molecule has 5 nitrogen and oxygen atoms in total. The highest BCUT2D eigenvalue weighted by Gasteiger charge is 2.62. The molecule has 6 aliphatic rings. The summed E-state index contributed by atoms with van der Waals surface area (Å²) in [6.45, 7) is 10.6. The first-order chi connectivity index (χ1) is 29.1. The van der Waals surface area contributed by atoms with Crippen molar-refractivity contribution in [1.29, 1.82) is 0 Å². The van der Waals surface area contributed by atoms with Crippen LogP contribution in [0.4, 0.5) is 15.8 Å². The number of benzene rings is 4.